The van der Waals surface area contributed by atoms with Gasteiger partial charge in [-0.2, -0.15) is 0 Å². The van der Waals surface area contributed by atoms with Gasteiger partial charge in [0.05, 0.1) is 26.9 Å². The third-order valence-electron chi connectivity index (χ3n) is 3.80. The van der Waals surface area contributed by atoms with Crippen molar-refractivity contribution in [3.8, 4) is 23.0 Å². The number of hydrogen-bond acceptors (Lipinski definition) is 6. The van der Waals surface area contributed by atoms with Gasteiger partial charge in [0.25, 0.3) is 0 Å². The predicted molar refractivity (Wildman–Crippen MR) is 90.5 cm³/mol. The Kier molecular flexibility index (Phi) is 4.43. The lowest BCUT2D eigenvalue weighted by atomic mass is 9.97. The lowest BCUT2D eigenvalue weighted by Gasteiger charge is -2.17. The second kappa shape index (κ2) is 6.68. The Hall–Kier alpha value is -3.28. The van der Waals surface area contributed by atoms with Crippen LogP contribution in [0.25, 0.3) is 6.08 Å². The molecule has 0 bridgehead atoms. The summed E-state index contributed by atoms with van der Waals surface area (Å²) >= 11 is 0. The van der Waals surface area contributed by atoms with Gasteiger partial charge in [-0.05, 0) is 35.9 Å². The van der Waals surface area contributed by atoms with Gasteiger partial charge < -0.3 is 18.9 Å². The highest BCUT2D eigenvalue weighted by Gasteiger charge is 2.30. The second-order valence-corrected chi connectivity index (χ2v) is 5.23. The van der Waals surface area contributed by atoms with E-state index in [1.807, 2.05) is 0 Å². The van der Waals surface area contributed by atoms with Crippen molar-refractivity contribution in [3.05, 3.63) is 53.1 Å². The number of hydrogen-bond donors (Lipinski definition) is 0. The molecule has 0 N–H and O–H groups in total. The maximum Gasteiger partial charge on any atom is 0.347 e. The summed E-state index contributed by atoms with van der Waals surface area (Å²) in [6, 6.07) is 9.92. The molecule has 2 aromatic rings. The van der Waals surface area contributed by atoms with E-state index in [1.165, 1.54) is 27.4 Å². The number of rotatable bonds is 4. The van der Waals surface area contributed by atoms with Gasteiger partial charge in [0.15, 0.2) is 11.5 Å². The summed E-state index contributed by atoms with van der Waals surface area (Å²) in [5.74, 6) is 0.448. The third-order valence-corrected chi connectivity index (χ3v) is 3.80. The average molecular weight is 340 g/mol. The van der Waals surface area contributed by atoms with Crippen LogP contribution in [0.4, 0.5) is 0 Å². The zero-order chi connectivity index (χ0) is 18.0. The number of ketones is 1. The fourth-order valence-electron chi connectivity index (χ4n) is 2.61. The summed E-state index contributed by atoms with van der Waals surface area (Å²) in [6.07, 6.45) is 1.45. The maximum absolute atomic E-state index is 12.6. The van der Waals surface area contributed by atoms with Crippen molar-refractivity contribution in [3.63, 3.8) is 0 Å². The molecule has 1 aliphatic rings. The maximum atomic E-state index is 12.6. The summed E-state index contributed by atoms with van der Waals surface area (Å²) < 4.78 is 21.1. The Morgan fingerprint density at radius 3 is 2.16 bits per heavy atom. The summed E-state index contributed by atoms with van der Waals surface area (Å²) in [7, 11) is 4.48. The van der Waals surface area contributed by atoms with E-state index >= 15 is 0 Å². The second-order valence-electron chi connectivity index (χ2n) is 5.23. The van der Waals surface area contributed by atoms with E-state index in [2.05, 4.69) is 0 Å². The fraction of sp³-hybridized carbons (Fsp3) is 0.158. The number of Topliss-reactive ketones (excluding diaryl/α,β-unsaturated/α-hetero) is 1. The molecule has 1 aliphatic heterocycles. The van der Waals surface area contributed by atoms with Crippen LogP contribution in [0.2, 0.25) is 0 Å². The minimum atomic E-state index is -0.697. The molecule has 0 unspecified atom stereocenters. The normalized spacial score (nSPS) is 14.8. The largest absolute Gasteiger partial charge is 0.493 e. The van der Waals surface area contributed by atoms with Gasteiger partial charge >= 0.3 is 5.97 Å². The molecule has 0 atom stereocenters. The van der Waals surface area contributed by atoms with Crippen LogP contribution in [0, 0.1) is 0 Å². The molecular weight excluding hydrogens is 324 g/mol. The van der Waals surface area contributed by atoms with Crippen LogP contribution in [0.5, 0.6) is 23.0 Å². The standard InChI is InChI=1S/C19H16O6/c1-22-15-9-11(10-16(23-2)18(15)24-3)8-13-17(20)12-6-4-5-7-14(12)25-19(13)21/h4-10H,1-3H3/b13-8-. The fourth-order valence-corrected chi connectivity index (χ4v) is 2.61. The monoisotopic (exact) mass is 340 g/mol. The first kappa shape index (κ1) is 16.6. The van der Waals surface area contributed by atoms with E-state index in [-0.39, 0.29) is 17.1 Å². The zero-order valence-corrected chi connectivity index (χ0v) is 14.0. The van der Waals surface area contributed by atoms with Crippen molar-refractivity contribution in [1.82, 2.24) is 0 Å². The van der Waals surface area contributed by atoms with E-state index in [1.54, 1.807) is 36.4 Å². The predicted octanol–water partition coefficient (Wildman–Crippen LogP) is 2.90. The molecular formula is C19H16O6. The van der Waals surface area contributed by atoms with Gasteiger partial charge in [0.2, 0.25) is 11.5 Å². The lowest BCUT2D eigenvalue weighted by molar-refractivity contribution is -0.130. The molecule has 0 amide bonds. The number of fused-ring (bicyclic) bond motifs is 1. The molecule has 3 rings (SSSR count). The molecule has 25 heavy (non-hydrogen) atoms. The van der Waals surface area contributed by atoms with Crippen molar-refractivity contribution in [2.24, 2.45) is 0 Å². The Morgan fingerprint density at radius 1 is 0.920 bits per heavy atom. The SMILES string of the molecule is COc1cc(/C=C2\C(=O)Oc3ccccc3C2=O)cc(OC)c1OC. The zero-order valence-electron chi connectivity index (χ0n) is 14.0. The van der Waals surface area contributed by atoms with E-state index in [0.717, 1.165) is 0 Å². The van der Waals surface area contributed by atoms with Crippen molar-refractivity contribution in [2.75, 3.05) is 21.3 Å². The molecule has 0 aromatic heterocycles. The number of esters is 1. The minimum Gasteiger partial charge on any atom is -0.493 e. The minimum absolute atomic E-state index is 0.0621. The lowest BCUT2D eigenvalue weighted by Crippen LogP contribution is -2.24. The van der Waals surface area contributed by atoms with Crippen LogP contribution < -0.4 is 18.9 Å². The topological polar surface area (TPSA) is 71.1 Å². The highest BCUT2D eigenvalue weighted by Crippen LogP contribution is 2.39. The number of para-hydroxylation sites is 1. The number of ether oxygens (including phenoxy) is 4. The van der Waals surface area contributed by atoms with Crippen LogP contribution in [-0.4, -0.2) is 33.1 Å². The smallest absolute Gasteiger partial charge is 0.347 e. The van der Waals surface area contributed by atoms with Gasteiger partial charge in [-0.1, -0.05) is 12.1 Å². The summed E-state index contributed by atoms with van der Waals surface area (Å²) in [4.78, 5) is 24.8. The van der Waals surface area contributed by atoms with E-state index in [4.69, 9.17) is 18.9 Å². The van der Waals surface area contributed by atoms with E-state index in [0.29, 0.717) is 28.4 Å². The first-order valence-electron chi connectivity index (χ1n) is 7.46. The van der Waals surface area contributed by atoms with E-state index < -0.39 is 5.97 Å². The van der Waals surface area contributed by atoms with Gasteiger partial charge in [-0.25, -0.2) is 4.79 Å². The molecule has 0 saturated heterocycles. The van der Waals surface area contributed by atoms with Gasteiger partial charge in [0, 0.05) is 0 Å². The molecule has 0 aliphatic carbocycles. The number of methoxy groups -OCH3 is 3. The average Bonchev–Trinajstić information content (AvgIpc) is 2.64. The summed E-state index contributed by atoms with van der Waals surface area (Å²) in [5, 5.41) is 0. The van der Waals surface area contributed by atoms with Gasteiger partial charge in [-0.3, -0.25) is 4.79 Å². The van der Waals surface area contributed by atoms with Crippen LogP contribution in [0.15, 0.2) is 42.0 Å². The third kappa shape index (κ3) is 2.94. The molecule has 1 heterocycles. The first-order chi connectivity index (χ1) is 12.1. The number of carbonyl (C=O) groups is 2. The van der Waals surface area contributed by atoms with E-state index in [9.17, 15) is 9.59 Å². The first-order valence-corrected chi connectivity index (χ1v) is 7.46. The van der Waals surface area contributed by atoms with Crippen molar-refractivity contribution >= 4 is 17.8 Å². The molecule has 0 spiro atoms. The summed E-state index contributed by atoms with van der Waals surface area (Å²) in [6.45, 7) is 0. The van der Waals surface area contributed by atoms with Crippen LogP contribution in [-0.2, 0) is 4.79 Å². The Balaban J connectivity index is 2.09. The van der Waals surface area contributed by atoms with Crippen molar-refractivity contribution in [2.45, 2.75) is 0 Å². The molecule has 2 aromatic carbocycles. The van der Waals surface area contributed by atoms with Crippen molar-refractivity contribution in [1.29, 1.82) is 0 Å². The Labute approximate surface area is 144 Å². The van der Waals surface area contributed by atoms with Gasteiger partial charge in [0.1, 0.15) is 11.3 Å². The molecule has 0 fully saturated rings. The molecule has 128 valence electrons. The van der Waals surface area contributed by atoms with Crippen molar-refractivity contribution < 1.29 is 28.5 Å². The number of benzene rings is 2. The Bertz CT molecular complexity index is 856. The highest BCUT2D eigenvalue weighted by molar-refractivity contribution is 6.30. The van der Waals surface area contributed by atoms with Gasteiger partial charge in [-0.15, -0.1) is 0 Å². The molecule has 6 heteroatoms. The Morgan fingerprint density at radius 2 is 1.56 bits per heavy atom. The highest BCUT2D eigenvalue weighted by atomic mass is 16.5. The molecule has 0 saturated carbocycles. The molecule has 6 nitrogen and oxygen atoms in total. The van der Waals surface area contributed by atoms with Crippen LogP contribution in [0.3, 0.4) is 0 Å². The van der Waals surface area contributed by atoms with Crippen LogP contribution in [0.1, 0.15) is 15.9 Å². The molecule has 0 radical (unpaired) electrons. The quantitative estimate of drug-likeness (QED) is 0.369. The number of carbonyl (C=O) groups excluding carboxylic acids is 2. The van der Waals surface area contributed by atoms with Crippen LogP contribution >= 0.6 is 0 Å². The summed E-state index contributed by atoms with van der Waals surface area (Å²) in [5.41, 5.74) is 0.836.